The second-order valence-electron chi connectivity index (χ2n) is 4.43. The van der Waals surface area contributed by atoms with E-state index < -0.39 is 11.9 Å². The van der Waals surface area contributed by atoms with Crippen LogP contribution in [-0.2, 0) is 9.59 Å². The van der Waals surface area contributed by atoms with Crippen LogP contribution in [0.2, 0.25) is 0 Å². The largest absolute Gasteiger partial charge is 0.368 e. The van der Waals surface area contributed by atoms with Crippen LogP contribution in [0.25, 0.3) is 0 Å². The smallest absolute Gasteiger partial charge is 0.240 e. The molecular weight excluding hydrogens is 192 g/mol. The van der Waals surface area contributed by atoms with Crippen LogP contribution >= 0.6 is 0 Å². The van der Waals surface area contributed by atoms with E-state index in [1.807, 2.05) is 27.7 Å². The van der Waals surface area contributed by atoms with Crippen molar-refractivity contribution in [2.75, 3.05) is 0 Å². The van der Waals surface area contributed by atoms with Crippen LogP contribution in [-0.4, -0.2) is 17.9 Å². The van der Waals surface area contributed by atoms with Crippen LogP contribution in [0.3, 0.4) is 0 Å². The van der Waals surface area contributed by atoms with Crippen molar-refractivity contribution >= 4 is 11.8 Å². The van der Waals surface area contributed by atoms with Gasteiger partial charge < -0.3 is 11.1 Å². The first-order valence-electron chi connectivity index (χ1n) is 5.47. The van der Waals surface area contributed by atoms with E-state index in [2.05, 4.69) is 5.32 Å². The number of hydrogen-bond donors (Lipinski definition) is 2. The van der Waals surface area contributed by atoms with Crippen molar-refractivity contribution in [1.82, 2.24) is 5.32 Å². The highest BCUT2D eigenvalue weighted by Crippen LogP contribution is 2.08. The van der Waals surface area contributed by atoms with Crippen molar-refractivity contribution in [2.45, 2.75) is 46.6 Å². The van der Waals surface area contributed by atoms with Crippen molar-refractivity contribution < 1.29 is 9.59 Å². The quantitative estimate of drug-likeness (QED) is 0.693. The molecule has 0 aromatic carbocycles. The number of hydrogen-bond acceptors (Lipinski definition) is 2. The molecule has 3 N–H and O–H groups in total. The van der Waals surface area contributed by atoms with Crippen molar-refractivity contribution in [3.63, 3.8) is 0 Å². The summed E-state index contributed by atoms with van der Waals surface area (Å²) < 4.78 is 0. The number of primary amides is 1. The second-order valence-corrected chi connectivity index (χ2v) is 4.43. The summed E-state index contributed by atoms with van der Waals surface area (Å²) in [7, 11) is 0. The molecule has 0 radical (unpaired) electrons. The summed E-state index contributed by atoms with van der Waals surface area (Å²) in [4.78, 5) is 22.6. The van der Waals surface area contributed by atoms with Crippen LogP contribution < -0.4 is 11.1 Å². The molecule has 0 bridgehead atoms. The fourth-order valence-corrected chi connectivity index (χ4v) is 1.33. The Bertz CT molecular complexity index is 227. The molecule has 4 heteroatoms. The minimum Gasteiger partial charge on any atom is -0.368 e. The molecule has 0 saturated heterocycles. The number of amides is 2. The fraction of sp³-hybridized carbons (Fsp3) is 0.818. The third kappa shape index (κ3) is 5.40. The summed E-state index contributed by atoms with van der Waals surface area (Å²) in [5, 5.41) is 2.68. The molecule has 0 saturated carbocycles. The van der Waals surface area contributed by atoms with Crippen molar-refractivity contribution in [3.8, 4) is 0 Å². The number of carbonyl (C=O) groups is 2. The highest BCUT2D eigenvalue weighted by molar-refractivity contribution is 5.86. The standard InChI is InChI=1S/C11H22N2O2/c1-5-8(4)10(11(12)15)13-9(14)6-7(2)3/h7-8,10H,5-6H2,1-4H3,(H2,12,15)(H,13,14)/t8-,10-/m1/s1. The topological polar surface area (TPSA) is 72.2 Å². The van der Waals surface area contributed by atoms with E-state index in [0.717, 1.165) is 6.42 Å². The molecule has 0 spiro atoms. The Balaban J connectivity index is 4.29. The summed E-state index contributed by atoms with van der Waals surface area (Å²) in [6, 6.07) is -0.541. The monoisotopic (exact) mass is 214 g/mol. The first-order chi connectivity index (χ1) is 6.88. The lowest BCUT2D eigenvalue weighted by Gasteiger charge is -2.21. The summed E-state index contributed by atoms with van der Waals surface area (Å²) in [5.41, 5.74) is 5.24. The van der Waals surface area contributed by atoms with Gasteiger partial charge in [-0.1, -0.05) is 34.1 Å². The highest BCUT2D eigenvalue weighted by atomic mass is 16.2. The predicted octanol–water partition coefficient (Wildman–Crippen LogP) is 1.05. The Morgan fingerprint density at radius 3 is 2.13 bits per heavy atom. The van der Waals surface area contributed by atoms with Crippen LogP contribution in [0.4, 0.5) is 0 Å². The first kappa shape index (κ1) is 13.9. The summed E-state index contributed by atoms with van der Waals surface area (Å²) in [6.45, 7) is 7.80. The molecule has 88 valence electrons. The van der Waals surface area contributed by atoms with E-state index >= 15 is 0 Å². The average Bonchev–Trinajstić information content (AvgIpc) is 2.11. The Morgan fingerprint density at radius 1 is 1.27 bits per heavy atom. The molecular formula is C11H22N2O2. The van der Waals surface area contributed by atoms with E-state index in [4.69, 9.17) is 5.73 Å². The first-order valence-corrected chi connectivity index (χ1v) is 5.47. The molecule has 15 heavy (non-hydrogen) atoms. The van der Waals surface area contributed by atoms with Gasteiger partial charge in [0.25, 0.3) is 0 Å². The van der Waals surface area contributed by atoms with E-state index in [0.29, 0.717) is 6.42 Å². The van der Waals surface area contributed by atoms with Gasteiger partial charge in [0.05, 0.1) is 0 Å². The lowest BCUT2D eigenvalue weighted by atomic mass is 9.98. The lowest BCUT2D eigenvalue weighted by Crippen LogP contribution is -2.48. The Morgan fingerprint density at radius 2 is 1.80 bits per heavy atom. The van der Waals surface area contributed by atoms with E-state index in [9.17, 15) is 9.59 Å². The molecule has 0 aromatic rings. The number of nitrogens with two attached hydrogens (primary N) is 1. The van der Waals surface area contributed by atoms with Crippen molar-refractivity contribution in [1.29, 1.82) is 0 Å². The molecule has 0 aliphatic heterocycles. The molecule has 0 heterocycles. The van der Waals surface area contributed by atoms with Crippen LogP contribution in [0.1, 0.15) is 40.5 Å². The summed E-state index contributed by atoms with van der Waals surface area (Å²) >= 11 is 0. The molecule has 0 fully saturated rings. The van der Waals surface area contributed by atoms with Gasteiger partial charge in [0.2, 0.25) is 11.8 Å². The van der Waals surface area contributed by atoms with Gasteiger partial charge >= 0.3 is 0 Å². The summed E-state index contributed by atoms with van der Waals surface area (Å²) in [6.07, 6.45) is 1.25. The van der Waals surface area contributed by atoms with Gasteiger partial charge in [-0.2, -0.15) is 0 Å². The van der Waals surface area contributed by atoms with E-state index in [1.165, 1.54) is 0 Å². The molecule has 4 nitrogen and oxygen atoms in total. The van der Waals surface area contributed by atoms with Crippen LogP contribution in [0, 0.1) is 11.8 Å². The second kappa shape index (κ2) is 6.43. The lowest BCUT2D eigenvalue weighted by molar-refractivity contribution is -0.128. The Hall–Kier alpha value is -1.06. The predicted molar refractivity (Wildman–Crippen MR) is 60.0 cm³/mol. The van der Waals surface area contributed by atoms with Gasteiger partial charge in [0, 0.05) is 6.42 Å². The van der Waals surface area contributed by atoms with Crippen LogP contribution in [0.15, 0.2) is 0 Å². The Kier molecular flexibility index (Phi) is 5.97. The maximum atomic E-state index is 11.5. The van der Waals surface area contributed by atoms with E-state index in [1.54, 1.807) is 0 Å². The van der Waals surface area contributed by atoms with Gasteiger partial charge in [-0.3, -0.25) is 9.59 Å². The molecule has 2 atom stereocenters. The van der Waals surface area contributed by atoms with Crippen molar-refractivity contribution in [3.05, 3.63) is 0 Å². The number of rotatable bonds is 6. The maximum Gasteiger partial charge on any atom is 0.240 e. The molecule has 0 aromatic heterocycles. The molecule has 0 aliphatic rings. The minimum atomic E-state index is -0.541. The van der Waals surface area contributed by atoms with Gasteiger partial charge in [0.15, 0.2) is 0 Å². The zero-order valence-corrected chi connectivity index (χ0v) is 10.0. The fourth-order valence-electron chi connectivity index (χ4n) is 1.33. The maximum absolute atomic E-state index is 11.5. The van der Waals surface area contributed by atoms with Crippen LogP contribution in [0.5, 0.6) is 0 Å². The molecule has 0 rings (SSSR count). The molecule has 0 unspecified atom stereocenters. The zero-order valence-electron chi connectivity index (χ0n) is 10.0. The van der Waals surface area contributed by atoms with Gasteiger partial charge in [-0.05, 0) is 11.8 Å². The number of carbonyl (C=O) groups excluding carboxylic acids is 2. The SMILES string of the molecule is CC[C@@H](C)[C@@H](NC(=O)CC(C)C)C(N)=O. The average molecular weight is 214 g/mol. The molecule has 0 aliphatic carbocycles. The highest BCUT2D eigenvalue weighted by Gasteiger charge is 2.23. The van der Waals surface area contributed by atoms with Gasteiger partial charge in [-0.25, -0.2) is 0 Å². The molecule has 2 amide bonds. The zero-order chi connectivity index (χ0) is 12.0. The third-order valence-electron chi connectivity index (χ3n) is 2.43. The van der Waals surface area contributed by atoms with Gasteiger partial charge in [-0.15, -0.1) is 0 Å². The summed E-state index contributed by atoms with van der Waals surface area (Å²) in [5.74, 6) is -0.190. The number of nitrogens with one attached hydrogen (secondary N) is 1. The van der Waals surface area contributed by atoms with Gasteiger partial charge in [0.1, 0.15) is 6.04 Å². The minimum absolute atomic E-state index is 0.0820. The Labute approximate surface area is 91.6 Å². The normalized spacial score (nSPS) is 14.7. The van der Waals surface area contributed by atoms with E-state index in [-0.39, 0.29) is 17.7 Å². The third-order valence-corrected chi connectivity index (χ3v) is 2.43. The van der Waals surface area contributed by atoms with Crippen molar-refractivity contribution in [2.24, 2.45) is 17.6 Å².